The summed E-state index contributed by atoms with van der Waals surface area (Å²) in [6, 6.07) is 8.28. The summed E-state index contributed by atoms with van der Waals surface area (Å²) >= 11 is 0. The second-order valence-electron chi connectivity index (χ2n) is 6.80. The van der Waals surface area contributed by atoms with Crippen molar-refractivity contribution in [3.63, 3.8) is 0 Å². The summed E-state index contributed by atoms with van der Waals surface area (Å²) in [7, 11) is 0. The Balaban J connectivity index is 1.51. The Bertz CT molecular complexity index is 508. The molecule has 1 amide bonds. The molecule has 114 valence electrons. The first-order valence-corrected chi connectivity index (χ1v) is 8.20. The molecule has 2 N–H and O–H groups in total. The van der Waals surface area contributed by atoms with Crippen LogP contribution in [0.2, 0.25) is 0 Å². The molecular formula is C18H25NO2. The Morgan fingerprint density at radius 3 is 2.71 bits per heavy atom. The number of rotatable bonds is 4. The lowest BCUT2D eigenvalue weighted by Crippen LogP contribution is -2.47. The van der Waals surface area contributed by atoms with Gasteiger partial charge < -0.3 is 10.4 Å². The van der Waals surface area contributed by atoms with Crippen molar-refractivity contribution >= 4 is 5.91 Å². The zero-order valence-corrected chi connectivity index (χ0v) is 12.6. The van der Waals surface area contributed by atoms with Crippen molar-refractivity contribution in [1.82, 2.24) is 5.32 Å². The van der Waals surface area contributed by atoms with Crippen LogP contribution in [0.4, 0.5) is 0 Å². The molecule has 1 aromatic carbocycles. The summed E-state index contributed by atoms with van der Waals surface area (Å²) in [5.74, 6) is 0.668. The normalized spacial score (nSPS) is 25.6. The van der Waals surface area contributed by atoms with Crippen LogP contribution in [0.15, 0.2) is 24.3 Å². The Labute approximate surface area is 126 Å². The molecule has 3 rings (SSSR count). The Morgan fingerprint density at radius 1 is 1.24 bits per heavy atom. The van der Waals surface area contributed by atoms with E-state index in [0.29, 0.717) is 25.3 Å². The third-order valence-electron chi connectivity index (χ3n) is 5.06. The van der Waals surface area contributed by atoms with Crippen LogP contribution in [0, 0.1) is 5.92 Å². The number of benzene rings is 1. The van der Waals surface area contributed by atoms with Gasteiger partial charge in [0.1, 0.15) is 0 Å². The second-order valence-corrected chi connectivity index (χ2v) is 6.80. The molecule has 2 aliphatic rings. The van der Waals surface area contributed by atoms with Crippen molar-refractivity contribution in [2.75, 3.05) is 6.54 Å². The summed E-state index contributed by atoms with van der Waals surface area (Å²) in [6.45, 7) is 0.382. The van der Waals surface area contributed by atoms with Crippen LogP contribution in [0.3, 0.4) is 0 Å². The predicted octanol–water partition coefficient (Wildman–Crippen LogP) is 2.60. The van der Waals surface area contributed by atoms with E-state index in [1.807, 2.05) is 12.1 Å². The third kappa shape index (κ3) is 3.65. The van der Waals surface area contributed by atoms with E-state index in [4.69, 9.17) is 0 Å². The van der Waals surface area contributed by atoms with E-state index in [2.05, 4.69) is 17.4 Å². The Morgan fingerprint density at radius 2 is 1.95 bits per heavy atom. The van der Waals surface area contributed by atoms with Gasteiger partial charge in [0.15, 0.2) is 0 Å². The molecule has 0 saturated heterocycles. The van der Waals surface area contributed by atoms with Crippen molar-refractivity contribution in [2.45, 2.75) is 57.0 Å². The molecule has 0 bridgehead atoms. The van der Waals surface area contributed by atoms with Crippen LogP contribution >= 0.6 is 0 Å². The number of hydrogen-bond donors (Lipinski definition) is 2. The molecule has 21 heavy (non-hydrogen) atoms. The van der Waals surface area contributed by atoms with Crippen molar-refractivity contribution in [1.29, 1.82) is 0 Å². The molecule has 0 radical (unpaired) electrons. The van der Waals surface area contributed by atoms with Gasteiger partial charge in [0.2, 0.25) is 5.91 Å². The number of nitrogens with one attached hydrogen (secondary N) is 1. The molecule has 1 fully saturated rings. The van der Waals surface area contributed by atoms with Gasteiger partial charge in [0.25, 0.3) is 0 Å². The van der Waals surface area contributed by atoms with Gasteiger partial charge in [-0.25, -0.2) is 0 Å². The third-order valence-corrected chi connectivity index (χ3v) is 5.06. The lowest BCUT2D eigenvalue weighted by molar-refractivity contribution is -0.123. The highest BCUT2D eigenvalue weighted by Crippen LogP contribution is 2.29. The average molecular weight is 287 g/mol. The number of aliphatic hydroxyl groups is 1. The molecule has 2 aliphatic carbocycles. The van der Waals surface area contributed by atoms with Crippen molar-refractivity contribution < 1.29 is 9.90 Å². The fourth-order valence-electron chi connectivity index (χ4n) is 3.75. The maximum atomic E-state index is 12.0. The van der Waals surface area contributed by atoms with Gasteiger partial charge in [-0.15, -0.1) is 0 Å². The highest BCUT2D eigenvalue weighted by molar-refractivity contribution is 5.76. The monoisotopic (exact) mass is 287 g/mol. The second kappa shape index (κ2) is 6.18. The Hall–Kier alpha value is -1.35. The van der Waals surface area contributed by atoms with Crippen LogP contribution in [-0.2, 0) is 17.6 Å². The van der Waals surface area contributed by atoms with Gasteiger partial charge in [-0.1, -0.05) is 37.1 Å². The molecule has 3 nitrogen and oxygen atoms in total. The summed E-state index contributed by atoms with van der Waals surface area (Å²) in [5.41, 5.74) is 1.77. The molecule has 0 heterocycles. The molecule has 1 atom stereocenters. The lowest BCUT2D eigenvalue weighted by atomic mass is 9.80. The van der Waals surface area contributed by atoms with Gasteiger partial charge in [0.05, 0.1) is 5.60 Å². The summed E-state index contributed by atoms with van der Waals surface area (Å²) < 4.78 is 0. The first kappa shape index (κ1) is 14.6. The van der Waals surface area contributed by atoms with E-state index in [0.717, 1.165) is 12.8 Å². The topological polar surface area (TPSA) is 49.3 Å². The number of hydrogen-bond acceptors (Lipinski definition) is 2. The molecule has 1 unspecified atom stereocenters. The van der Waals surface area contributed by atoms with Gasteiger partial charge in [-0.05, 0) is 42.7 Å². The minimum atomic E-state index is -0.778. The van der Waals surface area contributed by atoms with Gasteiger partial charge in [0, 0.05) is 19.4 Å². The molecule has 0 aromatic heterocycles. The van der Waals surface area contributed by atoms with Crippen LogP contribution in [-0.4, -0.2) is 23.2 Å². The van der Waals surface area contributed by atoms with Gasteiger partial charge >= 0.3 is 0 Å². The van der Waals surface area contributed by atoms with Crippen molar-refractivity contribution in [3.05, 3.63) is 35.4 Å². The Kier molecular flexibility index (Phi) is 4.29. The van der Waals surface area contributed by atoms with Crippen LogP contribution < -0.4 is 5.32 Å². The molecule has 1 saturated carbocycles. The number of aryl methyl sites for hydroxylation is 1. The molecule has 3 heteroatoms. The summed E-state index contributed by atoms with van der Waals surface area (Å²) in [4.78, 5) is 12.0. The minimum Gasteiger partial charge on any atom is -0.388 e. The van der Waals surface area contributed by atoms with E-state index >= 15 is 0 Å². The maximum absolute atomic E-state index is 12.0. The highest BCUT2D eigenvalue weighted by atomic mass is 16.3. The van der Waals surface area contributed by atoms with E-state index < -0.39 is 5.60 Å². The van der Waals surface area contributed by atoms with E-state index in [1.165, 1.54) is 36.8 Å². The summed E-state index contributed by atoms with van der Waals surface area (Å²) in [6.07, 6.45) is 7.80. The zero-order valence-electron chi connectivity index (χ0n) is 12.6. The predicted molar refractivity (Wildman–Crippen MR) is 83.0 cm³/mol. The molecule has 0 spiro atoms. The number of carbonyl (C=O) groups excluding carboxylic acids is 1. The van der Waals surface area contributed by atoms with Crippen LogP contribution in [0.1, 0.15) is 49.7 Å². The zero-order chi connectivity index (χ0) is 14.7. The SMILES string of the molecule is O=C(CC1CCCC1)NCC1(O)CCc2ccccc2C1. The maximum Gasteiger partial charge on any atom is 0.220 e. The highest BCUT2D eigenvalue weighted by Gasteiger charge is 2.32. The van der Waals surface area contributed by atoms with E-state index in [9.17, 15) is 9.90 Å². The minimum absolute atomic E-state index is 0.106. The molecule has 0 aliphatic heterocycles. The lowest BCUT2D eigenvalue weighted by Gasteiger charge is -2.33. The van der Waals surface area contributed by atoms with Gasteiger partial charge in [-0.2, -0.15) is 0 Å². The quantitative estimate of drug-likeness (QED) is 0.894. The first-order chi connectivity index (χ1) is 10.1. The smallest absolute Gasteiger partial charge is 0.220 e. The molecule has 1 aromatic rings. The van der Waals surface area contributed by atoms with Crippen LogP contribution in [0.25, 0.3) is 0 Å². The van der Waals surface area contributed by atoms with Crippen LogP contribution in [0.5, 0.6) is 0 Å². The van der Waals surface area contributed by atoms with E-state index in [1.54, 1.807) is 0 Å². The van der Waals surface area contributed by atoms with E-state index in [-0.39, 0.29) is 5.91 Å². The summed E-state index contributed by atoms with van der Waals surface area (Å²) in [5, 5.41) is 13.7. The van der Waals surface area contributed by atoms with Crippen molar-refractivity contribution in [3.8, 4) is 0 Å². The average Bonchev–Trinajstić information content (AvgIpc) is 2.98. The standard InChI is InChI=1S/C18H25NO2/c20-17(11-14-5-1-2-6-14)19-13-18(21)10-9-15-7-3-4-8-16(15)12-18/h3-4,7-8,14,21H,1-2,5-6,9-13H2,(H,19,20). The molecular weight excluding hydrogens is 262 g/mol. The number of carbonyl (C=O) groups is 1. The van der Waals surface area contributed by atoms with Gasteiger partial charge in [-0.3, -0.25) is 4.79 Å². The first-order valence-electron chi connectivity index (χ1n) is 8.20. The fraction of sp³-hybridized carbons (Fsp3) is 0.611. The largest absolute Gasteiger partial charge is 0.388 e. The van der Waals surface area contributed by atoms with Crippen molar-refractivity contribution in [2.24, 2.45) is 5.92 Å². The fourth-order valence-corrected chi connectivity index (χ4v) is 3.75. The number of amides is 1. The number of fused-ring (bicyclic) bond motifs is 1.